The number of nitrogens with one attached hydrogen (secondary N) is 1. The zero-order valence-corrected chi connectivity index (χ0v) is 14.2. The lowest BCUT2D eigenvalue weighted by Crippen LogP contribution is -1.99. The Morgan fingerprint density at radius 3 is 2.58 bits per heavy atom. The molecule has 0 fully saturated rings. The molecular weight excluding hydrogens is 331 g/mol. The topological polar surface area (TPSA) is 58.1 Å². The fraction of sp³-hybridized carbons (Fsp3) is 0.0952. The van der Waals surface area contributed by atoms with E-state index in [1.54, 1.807) is 25.4 Å². The zero-order valence-electron chi connectivity index (χ0n) is 14.2. The third-order valence-electron chi connectivity index (χ3n) is 4.48. The SMILES string of the molecule is C=C(O)c1ncc2[nH]c3ccc(-c4ccc(F)cc4)cc3c2c1COC. The zero-order chi connectivity index (χ0) is 18.3. The lowest BCUT2D eigenvalue weighted by molar-refractivity contribution is 0.185. The lowest BCUT2D eigenvalue weighted by Gasteiger charge is -2.09. The highest BCUT2D eigenvalue weighted by atomic mass is 19.1. The van der Waals surface area contributed by atoms with Crippen molar-refractivity contribution in [2.75, 3.05) is 7.11 Å². The Labute approximate surface area is 149 Å². The molecule has 2 aromatic heterocycles. The summed E-state index contributed by atoms with van der Waals surface area (Å²) in [5, 5.41) is 11.8. The molecule has 0 aliphatic heterocycles. The maximum Gasteiger partial charge on any atom is 0.134 e. The summed E-state index contributed by atoms with van der Waals surface area (Å²) in [4.78, 5) is 7.65. The number of nitrogens with zero attached hydrogens (tertiary/aromatic N) is 1. The van der Waals surface area contributed by atoms with Crippen LogP contribution in [-0.2, 0) is 11.3 Å². The van der Waals surface area contributed by atoms with Gasteiger partial charge in [-0.25, -0.2) is 4.39 Å². The van der Waals surface area contributed by atoms with Crippen LogP contribution >= 0.6 is 0 Å². The van der Waals surface area contributed by atoms with Crippen molar-refractivity contribution in [2.45, 2.75) is 6.61 Å². The number of rotatable bonds is 4. The first-order chi connectivity index (χ1) is 12.6. The Balaban J connectivity index is 2.01. The summed E-state index contributed by atoms with van der Waals surface area (Å²) in [7, 11) is 1.60. The maximum atomic E-state index is 13.2. The van der Waals surface area contributed by atoms with Gasteiger partial charge in [0.05, 0.1) is 18.3 Å². The number of H-pyrrole nitrogens is 1. The lowest BCUT2D eigenvalue weighted by atomic mass is 10.0. The number of aliphatic hydroxyl groups is 1. The quantitative estimate of drug-likeness (QED) is 0.499. The van der Waals surface area contributed by atoms with Gasteiger partial charge >= 0.3 is 0 Å². The highest BCUT2D eigenvalue weighted by Crippen LogP contribution is 2.34. The Hall–Kier alpha value is -3.18. The predicted octanol–water partition coefficient (Wildman–Crippen LogP) is 5.20. The van der Waals surface area contributed by atoms with Crippen LogP contribution in [0.15, 0.2) is 55.2 Å². The molecule has 4 aromatic rings. The van der Waals surface area contributed by atoms with E-state index in [0.717, 1.165) is 38.5 Å². The van der Waals surface area contributed by atoms with E-state index in [2.05, 4.69) is 16.5 Å². The number of fused-ring (bicyclic) bond motifs is 3. The summed E-state index contributed by atoms with van der Waals surface area (Å²) in [6, 6.07) is 12.4. The number of ether oxygens (including phenoxy) is 1. The summed E-state index contributed by atoms with van der Waals surface area (Å²) in [5.74, 6) is -0.357. The minimum Gasteiger partial charge on any atom is -0.506 e. The van der Waals surface area contributed by atoms with Crippen LogP contribution < -0.4 is 0 Å². The predicted molar refractivity (Wildman–Crippen MR) is 101 cm³/mol. The third kappa shape index (κ3) is 2.62. The van der Waals surface area contributed by atoms with Crippen molar-refractivity contribution in [1.82, 2.24) is 9.97 Å². The molecule has 2 heterocycles. The number of aliphatic hydroxyl groups excluding tert-OH is 1. The van der Waals surface area contributed by atoms with Gasteiger partial charge in [-0.3, -0.25) is 4.98 Å². The van der Waals surface area contributed by atoms with Gasteiger partial charge in [-0.15, -0.1) is 0 Å². The first-order valence-electron chi connectivity index (χ1n) is 8.15. The largest absolute Gasteiger partial charge is 0.506 e. The van der Waals surface area contributed by atoms with Gasteiger partial charge in [-0.2, -0.15) is 0 Å². The minimum atomic E-state index is -0.263. The highest BCUT2D eigenvalue weighted by molar-refractivity contribution is 6.10. The van der Waals surface area contributed by atoms with Gasteiger partial charge in [0.1, 0.15) is 17.3 Å². The van der Waals surface area contributed by atoms with Crippen LogP contribution in [0.2, 0.25) is 0 Å². The highest BCUT2D eigenvalue weighted by Gasteiger charge is 2.16. The van der Waals surface area contributed by atoms with Crippen molar-refractivity contribution in [2.24, 2.45) is 0 Å². The van der Waals surface area contributed by atoms with Crippen molar-refractivity contribution >= 4 is 27.6 Å². The molecule has 130 valence electrons. The van der Waals surface area contributed by atoms with Gasteiger partial charge in [0, 0.05) is 29.0 Å². The number of aromatic nitrogens is 2. The summed E-state index contributed by atoms with van der Waals surface area (Å²) in [5.41, 5.74) is 4.91. The molecule has 0 aliphatic rings. The average molecular weight is 348 g/mol. The molecule has 0 aliphatic carbocycles. The molecule has 0 atom stereocenters. The molecule has 4 rings (SSSR count). The molecular formula is C21H17FN2O2. The van der Waals surface area contributed by atoms with Crippen LogP contribution in [0.1, 0.15) is 11.3 Å². The number of hydrogen-bond donors (Lipinski definition) is 2. The van der Waals surface area contributed by atoms with Crippen molar-refractivity contribution in [3.05, 3.63) is 72.3 Å². The number of methoxy groups -OCH3 is 1. The first kappa shape index (κ1) is 16.3. The second-order valence-electron chi connectivity index (χ2n) is 6.15. The Kier molecular flexibility index (Phi) is 3.93. The van der Waals surface area contributed by atoms with Crippen LogP contribution in [0.25, 0.3) is 38.7 Å². The minimum absolute atomic E-state index is 0.0945. The van der Waals surface area contributed by atoms with E-state index in [0.29, 0.717) is 12.3 Å². The molecule has 2 aromatic carbocycles. The van der Waals surface area contributed by atoms with Crippen molar-refractivity contribution in [1.29, 1.82) is 0 Å². The van der Waals surface area contributed by atoms with Crippen LogP contribution in [0.5, 0.6) is 0 Å². The third-order valence-corrected chi connectivity index (χ3v) is 4.48. The molecule has 26 heavy (non-hydrogen) atoms. The Morgan fingerprint density at radius 2 is 1.88 bits per heavy atom. The van der Waals surface area contributed by atoms with E-state index in [-0.39, 0.29) is 11.6 Å². The number of aromatic amines is 1. The molecule has 0 saturated heterocycles. The molecule has 2 N–H and O–H groups in total. The van der Waals surface area contributed by atoms with Crippen molar-refractivity contribution < 1.29 is 14.2 Å². The van der Waals surface area contributed by atoms with E-state index in [4.69, 9.17) is 4.74 Å². The van der Waals surface area contributed by atoms with Crippen LogP contribution in [0.3, 0.4) is 0 Å². The van der Waals surface area contributed by atoms with E-state index >= 15 is 0 Å². The molecule has 0 unspecified atom stereocenters. The van der Waals surface area contributed by atoms with Gasteiger partial charge in [0.2, 0.25) is 0 Å². The smallest absolute Gasteiger partial charge is 0.134 e. The molecule has 0 spiro atoms. The number of hydrogen-bond acceptors (Lipinski definition) is 3. The molecule has 0 bridgehead atoms. The van der Waals surface area contributed by atoms with E-state index in [9.17, 15) is 9.50 Å². The Morgan fingerprint density at radius 1 is 1.15 bits per heavy atom. The monoisotopic (exact) mass is 348 g/mol. The second kappa shape index (κ2) is 6.28. The van der Waals surface area contributed by atoms with Crippen molar-refractivity contribution in [3.8, 4) is 11.1 Å². The number of benzene rings is 2. The van der Waals surface area contributed by atoms with Gasteiger partial charge < -0.3 is 14.8 Å². The fourth-order valence-corrected chi connectivity index (χ4v) is 3.32. The molecule has 0 saturated carbocycles. The van der Waals surface area contributed by atoms with Crippen LogP contribution in [-0.4, -0.2) is 22.2 Å². The van der Waals surface area contributed by atoms with Gasteiger partial charge in [0.25, 0.3) is 0 Å². The first-order valence-corrected chi connectivity index (χ1v) is 8.15. The molecule has 5 heteroatoms. The summed E-state index contributed by atoms with van der Waals surface area (Å²) >= 11 is 0. The summed E-state index contributed by atoms with van der Waals surface area (Å²) < 4.78 is 18.5. The Bertz CT molecular complexity index is 1130. The summed E-state index contributed by atoms with van der Waals surface area (Å²) in [6.45, 7) is 3.90. The van der Waals surface area contributed by atoms with Crippen LogP contribution in [0, 0.1) is 5.82 Å². The average Bonchev–Trinajstić information content (AvgIpc) is 3.00. The normalized spacial score (nSPS) is 11.3. The van der Waals surface area contributed by atoms with Crippen molar-refractivity contribution in [3.63, 3.8) is 0 Å². The van der Waals surface area contributed by atoms with E-state index in [1.807, 2.05) is 18.2 Å². The number of pyridine rings is 1. The van der Waals surface area contributed by atoms with Gasteiger partial charge in [0.15, 0.2) is 0 Å². The van der Waals surface area contributed by atoms with Crippen LogP contribution in [0.4, 0.5) is 4.39 Å². The number of halogens is 1. The molecule has 0 radical (unpaired) electrons. The molecule has 0 amide bonds. The standard InChI is InChI=1S/C21H17FN2O2/c1-12(25)21-17(11-26-2)20-16-9-14(13-3-6-15(22)7-4-13)5-8-18(16)24-19(20)10-23-21/h3-10,24-25H,1,11H2,2H3. The van der Waals surface area contributed by atoms with Gasteiger partial charge in [-0.1, -0.05) is 24.8 Å². The second-order valence-corrected chi connectivity index (χ2v) is 6.15. The molecule has 4 nitrogen and oxygen atoms in total. The van der Waals surface area contributed by atoms with E-state index in [1.165, 1.54) is 12.1 Å². The summed E-state index contributed by atoms with van der Waals surface area (Å²) in [6.07, 6.45) is 1.68. The fourth-order valence-electron chi connectivity index (χ4n) is 3.32. The maximum absolute atomic E-state index is 13.2. The van der Waals surface area contributed by atoms with Gasteiger partial charge in [-0.05, 0) is 35.4 Å². The van der Waals surface area contributed by atoms with E-state index < -0.39 is 0 Å².